The molecular formula is C13H17F3N2OS. The SMILES string of the molecule is CC(C)CNC(=O)C(C)Sc1ccc(C(F)(F)F)cn1. The average molecular weight is 306 g/mol. The fourth-order valence-electron chi connectivity index (χ4n) is 1.30. The van der Waals surface area contributed by atoms with Crippen LogP contribution < -0.4 is 5.32 Å². The molecule has 1 unspecified atom stereocenters. The number of nitrogens with one attached hydrogen (secondary N) is 1. The smallest absolute Gasteiger partial charge is 0.355 e. The number of pyridine rings is 1. The minimum Gasteiger partial charge on any atom is -0.355 e. The van der Waals surface area contributed by atoms with Gasteiger partial charge < -0.3 is 5.32 Å². The van der Waals surface area contributed by atoms with Crippen molar-refractivity contribution in [1.82, 2.24) is 10.3 Å². The second kappa shape index (κ2) is 6.97. The number of alkyl halides is 3. The molecule has 20 heavy (non-hydrogen) atoms. The molecule has 7 heteroatoms. The number of carbonyl (C=O) groups excluding carboxylic acids is 1. The second-order valence-electron chi connectivity index (χ2n) is 4.78. The van der Waals surface area contributed by atoms with Crippen LogP contribution in [0.5, 0.6) is 0 Å². The first-order valence-electron chi connectivity index (χ1n) is 6.17. The van der Waals surface area contributed by atoms with E-state index in [9.17, 15) is 18.0 Å². The lowest BCUT2D eigenvalue weighted by atomic mass is 10.2. The molecule has 0 saturated heterocycles. The van der Waals surface area contributed by atoms with Crippen molar-refractivity contribution in [3.05, 3.63) is 23.9 Å². The lowest BCUT2D eigenvalue weighted by Crippen LogP contribution is -2.33. The number of aromatic nitrogens is 1. The summed E-state index contributed by atoms with van der Waals surface area (Å²) < 4.78 is 37.1. The molecule has 0 fully saturated rings. The maximum absolute atomic E-state index is 12.4. The van der Waals surface area contributed by atoms with E-state index in [1.807, 2.05) is 13.8 Å². The van der Waals surface area contributed by atoms with Gasteiger partial charge in [-0.15, -0.1) is 0 Å². The molecular weight excluding hydrogens is 289 g/mol. The first kappa shape index (κ1) is 16.8. The molecule has 0 spiro atoms. The third-order valence-corrected chi connectivity index (χ3v) is 3.47. The molecule has 0 bridgehead atoms. The van der Waals surface area contributed by atoms with Gasteiger partial charge in [-0.25, -0.2) is 4.98 Å². The Morgan fingerprint density at radius 2 is 2.00 bits per heavy atom. The van der Waals surface area contributed by atoms with Crippen LogP contribution in [0, 0.1) is 5.92 Å². The lowest BCUT2D eigenvalue weighted by molar-refractivity contribution is -0.137. The molecule has 0 aliphatic rings. The Kier molecular flexibility index (Phi) is 5.86. The van der Waals surface area contributed by atoms with Crippen LogP contribution in [0.4, 0.5) is 13.2 Å². The molecule has 0 aliphatic carbocycles. The minimum atomic E-state index is -4.39. The van der Waals surface area contributed by atoms with Gasteiger partial charge in [0.25, 0.3) is 0 Å². The molecule has 0 saturated carbocycles. The van der Waals surface area contributed by atoms with Crippen molar-refractivity contribution in [3.8, 4) is 0 Å². The Labute approximate surface area is 120 Å². The summed E-state index contributed by atoms with van der Waals surface area (Å²) in [4.78, 5) is 15.5. The van der Waals surface area contributed by atoms with Crippen molar-refractivity contribution in [2.45, 2.75) is 37.2 Å². The summed E-state index contributed by atoms with van der Waals surface area (Å²) >= 11 is 1.13. The van der Waals surface area contributed by atoms with Crippen LogP contribution in [0.25, 0.3) is 0 Å². The Balaban J connectivity index is 2.58. The molecule has 1 aromatic rings. The number of hydrogen-bond donors (Lipinski definition) is 1. The molecule has 1 atom stereocenters. The molecule has 112 valence electrons. The van der Waals surface area contributed by atoms with E-state index >= 15 is 0 Å². The van der Waals surface area contributed by atoms with E-state index in [-0.39, 0.29) is 5.91 Å². The zero-order chi connectivity index (χ0) is 15.3. The van der Waals surface area contributed by atoms with Gasteiger partial charge in [0.1, 0.15) is 0 Å². The fraction of sp³-hybridized carbons (Fsp3) is 0.538. The molecule has 1 heterocycles. The third-order valence-electron chi connectivity index (χ3n) is 2.41. The second-order valence-corrected chi connectivity index (χ2v) is 6.14. The van der Waals surface area contributed by atoms with Crippen molar-refractivity contribution >= 4 is 17.7 Å². The number of nitrogens with zero attached hydrogens (tertiary/aromatic N) is 1. The lowest BCUT2D eigenvalue weighted by Gasteiger charge is -2.13. The molecule has 1 amide bonds. The van der Waals surface area contributed by atoms with Gasteiger partial charge >= 0.3 is 6.18 Å². The first-order chi connectivity index (χ1) is 9.20. The standard InChI is InChI=1S/C13H17F3N2OS/c1-8(2)6-18-12(19)9(3)20-11-5-4-10(7-17-11)13(14,15)16/h4-5,7-9H,6H2,1-3H3,(H,18,19). The number of carbonyl (C=O) groups is 1. The van der Waals surface area contributed by atoms with Gasteiger partial charge in [0, 0.05) is 12.7 Å². The van der Waals surface area contributed by atoms with Crippen LogP contribution in [-0.4, -0.2) is 22.7 Å². The quantitative estimate of drug-likeness (QED) is 0.848. The zero-order valence-electron chi connectivity index (χ0n) is 11.5. The van der Waals surface area contributed by atoms with Crippen molar-refractivity contribution in [1.29, 1.82) is 0 Å². The summed E-state index contributed by atoms with van der Waals surface area (Å²) in [5.41, 5.74) is -0.793. The van der Waals surface area contributed by atoms with Crippen molar-refractivity contribution in [2.24, 2.45) is 5.92 Å². The van der Waals surface area contributed by atoms with Gasteiger partial charge in [-0.3, -0.25) is 4.79 Å². The minimum absolute atomic E-state index is 0.148. The highest BCUT2D eigenvalue weighted by Crippen LogP contribution is 2.30. The topological polar surface area (TPSA) is 42.0 Å². The first-order valence-corrected chi connectivity index (χ1v) is 7.05. The van der Waals surface area contributed by atoms with E-state index in [1.165, 1.54) is 6.07 Å². The van der Waals surface area contributed by atoms with Crippen LogP contribution in [-0.2, 0) is 11.0 Å². The van der Waals surface area contributed by atoms with Crippen molar-refractivity contribution in [2.75, 3.05) is 6.54 Å². The predicted octanol–water partition coefficient (Wildman–Crippen LogP) is 3.35. The summed E-state index contributed by atoms with van der Waals surface area (Å²) in [7, 11) is 0. The van der Waals surface area contributed by atoms with Gasteiger partial charge in [0.15, 0.2) is 0 Å². The van der Waals surface area contributed by atoms with Gasteiger partial charge in [-0.2, -0.15) is 13.2 Å². The van der Waals surface area contributed by atoms with Crippen LogP contribution in [0.2, 0.25) is 0 Å². The Morgan fingerprint density at radius 3 is 2.45 bits per heavy atom. The monoisotopic (exact) mass is 306 g/mol. The maximum atomic E-state index is 12.4. The average Bonchev–Trinajstić information content (AvgIpc) is 2.35. The Hall–Kier alpha value is -1.24. The molecule has 1 rings (SSSR count). The molecule has 1 aromatic heterocycles. The maximum Gasteiger partial charge on any atom is 0.417 e. The summed E-state index contributed by atoms with van der Waals surface area (Å²) in [5.74, 6) is 0.200. The van der Waals surface area contributed by atoms with Crippen LogP contribution >= 0.6 is 11.8 Å². The van der Waals surface area contributed by atoms with Gasteiger partial charge in [-0.05, 0) is 25.0 Å². The highest BCUT2D eigenvalue weighted by Gasteiger charge is 2.30. The van der Waals surface area contributed by atoms with Gasteiger partial charge in [0.05, 0.1) is 15.8 Å². The number of rotatable bonds is 5. The Morgan fingerprint density at radius 1 is 1.35 bits per heavy atom. The van der Waals surface area contributed by atoms with E-state index in [1.54, 1.807) is 6.92 Å². The molecule has 1 N–H and O–H groups in total. The zero-order valence-corrected chi connectivity index (χ0v) is 12.3. The number of amides is 1. The van der Waals surface area contributed by atoms with E-state index in [2.05, 4.69) is 10.3 Å². The molecule has 0 radical (unpaired) electrons. The summed E-state index contributed by atoms with van der Waals surface area (Å²) in [6.07, 6.45) is -3.61. The van der Waals surface area contributed by atoms with Crippen molar-refractivity contribution in [3.63, 3.8) is 0 Å². The highest BCUT2D eigenvalue weighted by atomic mass is 32.2. The highest BCUT2D eigenvalue weighted by molar-refractivity contribution is 8.00. The summed E-state index contributed by atoms with van der Waals surface area (Å²) in [6.45, 7) is 6.23. The third kappa shape index (κ3) is 5.40. The molecule has 0 aromatic carbocycles. The number of halogens is 3. The summed E-state index contributed by atoms with van der Waals surface area (Å²) in [6, 6.07) is 2.24. The van der Waals surface area contributed by atoms with Crippen LogP contribution in [0.15, 0.2) is 23.4 Å². The van der Waals surface area contributed by atoms with Gasteiger partial charge in [0.2, 0.25) is 5.91 Å². The molecule has 0 aliphatic heterocycles. The normalized spacial score (nSPS) is 13.3. The van der Waals surface area contributed by atoms with Crippen LogP contribution in [0.1, 0.15) is 26.3 Å². The number of hydrogen-bond acceptors (Lipinski definition) is 3. The van der Waals surface area contributed by atoms with E-state index in [4.69, 9.17) is 0 Å². The Bertz CT molecular complexity index is 446. The van der Waals surface area contributed by atoms with E-state index in [0.29, 0.717) is 17.5 Å². The molecule has 3 nitrogen and oxygen atoms in total. The van der Waals surface area contributed by atoms with E-state index < -0.39 is 17.0 Å². The van der Waals surface area contributed by atoms with E-state index in [0.717, 1.165) is 24.0 Å². The largest absolute Gasteiger partial charge is 0.417 e. The number of thioether (sulfide) groups is 1. The van der Waals surface area contributed by atoms with Gasteiger partial charge in [-0.1, -0.05) is 25.6 Å². The summed E-state index contributed by atoms with van der Waals surface area (Å²) in [5, 5.41) is 2.76. The predicted molar refractivity (Wildman–Crippen MR) is 72.4 cm³/mol. The van der Waals surface area contributed by atoms with Crippen molar-refractivity contribution < 1.29 is 18.0 Å². The van der Waals surface area contributed by atoms with Crippen LogP contribution in [0.3, 0.4) is 0 Å². The fourth-order valence-corrected chi connectivity index (χ4v) is 2.11.